The zero-order valence-corrected chi connectivity index (χ0v) is 19.1. The number of ether oxygens (including phenoxy) is 1. The number of carbonyl (C=O) groups excluding carboxylic acids is 1. The molecule has 1 aliphatic heterocycles. The van der Waals surface area contributed by atoms with Crippen LogP contribution in [0.4, 0.5) is 0 Å². The van der Waals surface area contributed by atoms with Crippen molar-refractivity contribution in [3.05, 3.63) is 35.5 Å². The summed E-state index contributed by atoms with van der Waals surface area (Å²) < 4.78 is 8.27. The van der Waals surface area contributed by atoms with Gasteiger partial charge >= 0.3 is 5.97 Å². The van der Waals surface area contributed by atoms with Crippen molar-refractivity contribution >= 4 is 16.9 Å². The molecule has 31 heavy (non-hydrogen) atoms. The van der Waals surface area contributed by atoms with Gasteiger partial charge in [-0.3, -0.25) is 9.69 Å². The molecular weight excluding hydrogens is 388 g/mol. The van der Waals surface area contributed by atoms with Crippen molar-refractivity contribution in [2.75, 3.05) is 13.1 Å². The van der Waals surface area contributed by atoms with Gasteiger partial charge in [0.05, 0.1) is 12.0 Å². The molecule has 1 aromatic carbocycles. The monoisotopic (exact) mass is 424 g/mol. The Morgan fingerprint density at radius 2 is 2.06 bits per heavy atom. The van der Waals surface area contributed by atoms with Gasteiger partial charge in [-0.2, -0.15) is 0 Å². The van der Waals surface area contributed by atoms with E-state index in [9.17, 15) is 9.90 Å². The van der Waals surface area contributed by atoms with Crippen molar-refractivity contribution in [3.8, 4) is 0 Å². The van der Waals surface area contributed by atoms with Crippen LogP contribution in [0.2, 0.25) is 0 Å². The van der Waals surface area contributed by atoms with E-state index in [0.29, 0.717) is 18.0 Å². The molecular formula is C26H36N2O3. The van der Waals surface area contributed by atoms with Gasteiger partial charge in [-0.25, -0.2) is 0 Å². The molecule has 168 valence electrons. The molecule has 2 heterocycles. The van der Waals surface area contributed by atoms with Gasteiger partial charge in [0.2, 0.25) is 0 Å². The number of hydrogen-bond donors (Lipinski definition) is 1. The van der Waals surface area contributed by atoms with E-state index in [4.69, 9.17) is 4.74 Å². The number of esters is 1. The second kappa shape index (κ2) is 8.25. The van der Waals surface area contributed by atoms with E-state index in [1.165, 1.54) is 22.0 Å². The van der Waals surface area contributed by atoms with Crippen molar-refractivity contribution in [2.45, 2.75) is 89.5 Å². The number of likely N-dealkylation sites (tertiary alicyclic amines) is 1. The fourth-order valence-corrected chi connectivity index (χ4v) is 6.35. The number of aliphatic hydroxyl groups excluding tert-OH is 1. The van der Waals surface area contributed by atoms with Crippen LogP contribution < -0.4 is 0 Å². The topological polar surface area (TPSA) is 54.7 Å². The first kappa shape index (κ1) is 21.0. The predicted molar refractivity (Wildman–Crippen MR) is 122 cm³/mol. The standard InChI is InChI=1S/C26H36N2O3/c1-4-27-14-18(26(30)31-24-11-6-5-10-23(24)29)12-20-19-8-7-9-21-25(19)17(13-22(20)27)15-28(21)16(2)3/h7-9,15-16,18,20,22-24,29H,4-6,10-14H2,1-3H3/t18-,20-,22-,23?,24?/m1/s1. The summed E-state index contributed by atoms with van der Waals surface area (Å²) in [4.78, 5) is 15.7. The minimum atomic E-state index is -0.502. The number of nitrogens with zero attached hydrogens (tertiary/aromatic N) is 2. The Hall–Kier alpha value is -1.85. The molecule has 5 rings (SSSR count). The van der Waals surface area contributed by atoms with Gasteiger partial charge in [-0.1, -0.05) is 25.5 Å². The van der Waals surface area contributed by atoms with E-state index in [1.54, 1.807) is 0 Å². The van der Waals surface area contributed by atoms with Crippen LogP contribution in [0.1, 0.15) is 76.0 Å². The summed E-state index contributed by atoms with van der Waals surface area (Å²) in [6.45, 7) is 8.38. The van der Waals surface area contributed by atoms with E-state index < -0.39 is 6.10 Å². The summed E-state index contributed by atoms with van der Waals surface area (Å²) in [7, 11) is 0. The maximum atomic E-state index is 13.2. The maximum absolute atomic E-state index is 13.2. The van der Waals surface area contributed by atoms with E-state index in [-0.39, 0.29) is 18.0 Å². The lowest BCUT2D eigenvalue weighted by Crippen LogP contribution is -2.52. The van der Waals surface area contributed by atoms with Crippen LogP contribution in [-0.2, 0) is 16.0 Å². The zero-order chi connectivity index (χ0) is 21.7. The second-order valence-electron chi connectivity index (χ2n) is 10.1. The molecule has 1 aromatic heterocycles. The molecule has 1 N–H and O–H groups in total. The fourth-order valence-electron chi connectivity index (χ4n) is 6.35. The second-order valence-corrected chi connectivity index (χ2v) is 10.1. The van der Waals surface area contributed by atoms with Crippen molar-refractivity contribution in [2.24, 2.45) is 5.92 Å². The number of aliphatic hydroxyl groups is 1. The van der Waals surface area contributed by atoms with E-state index in [2.05, 4.69) is 54.6 Å². The summed E-state index contributed by atoms with van der Waals surface area (Å²) >= 11 is 0. The molecule has 5 atom stereocenters. The van der Waals surface area contributed by atoms with Crippen molar-refractivity contribution < 1.29 is 14.6 Å². The summed E-state index contributed by atoms with van der Waals surface area (Å²) in [5, 5.41) is 11.7. The van der Waals surface area contributed by atoms with Crippen LogP contribution in [0.3, 0.4) is 0 Å². The molecule has 0 bridgehead atoms. The summed E-state index contributed by atoms with van der Waals surface area (Å²) in [5.41, 5.74) is 4.17. The van der Waals surface area contributed by atoms with Crippen LogP contribution in [0, 0.1) is 5.92 Å². The maximum Gasteiger partial charge on any atom is 0.310 e. The van der Waals surface area contributed by atoms with Crippen molar-refractivity contribution in [1.29, 1.82) is 0 Å². The molecule has 2 aliphatic carbocycles. The highest BCUT2D eigenvalue weighted by Gasteiger charge is 2.43. The number of likely N-dealkylation sites (N-methyl/N-ethyl adjacent to an activating group) is 1. The third kappa shape index (κ3) is 3.60. The van der Waals surface area contributed by atoms with Gasteiger partial charge in [0, 0.05) is 41.6 Å². The van der Waals surface area contributed by atoms with Crippen LogP contribution >= 0.6 is 0 Å². The molecule has 0 radical (unpaired) electrons. The first-order chi connectivity index (χ1) is 15.0. The van der Waals surface area contributed by atoms with Crippen LogP contribution in [-0.4, -0.2) is 51.9 Å². The number of fused-ring (bicyclic) bond motifs is 2. The smallest absolute Gasteiger partial charge is 0.310 e. The third-order valence-corrected chi connectivity index (χ3v) is 7.96. The fraction of sp³-hybridized carbons (Fsp3) is 0.654. The minimum Gasteiger partial charge on any atom is -0.459 e. The Kier molecular flexibility index (Phi) is 5.59. The minimum absolute atomic E-state index is 0.111. The Bertz CT molecular complexity index is 965. The molecule has 1 saturated carbocycles. The number of aromatic nitrogens is 1. The molecule has 2 fully saturated rings. The molecule has 3 aliphatic rings. The number of hydrogen-bond acceptors (Lipinski definition) is 4. The molecule has 5 nitrogen and oxygen atoms in total. The lowest BCUT2D eigenvalue weighted by atomic mass is 9.72. The Morgan fingerprint density at radius 3 is 2.81 bits per heavy atom. The normalized spacial score (nSPS) is 31.1. The lowest BCUT2D eigenvalue weighted by Gasteiger charge is -2.46. The molecule has 5 heteroatoms. The Morgan fingerprint density at radius 1 is 1.26 bits per heavy atom. The van der Waals surface area contributed by atoms with Crippen LogP contribution in [0.15, 0.2) is 24.4 Å². The third-order valence-electron chi connectivity index (χ3n) is 7.96. The SMILES string of the molecule is CCN1C[C@H](C(=O)OC2CCCCC2O)C[C@@H]2c3cccc4c3c(cn4C(C)C)C[C@H]21. The number of carbonyl (C=O) groups is 1. The summed E-state index contributed by atoms with van der Waals surface area (Å²) in [5.74, 6) is 0.113. The molecule has 0 amide bonds. The first-order valence-electron chi connectivity index (χ1n) is 12.2. The Labute approximate surface area is 185 Å². The molecule has 0 spiro atoms. The van der Waals surface area contributed by atoms with E-state index in [1.807, 2.05) is 0 Å². The van der Waals surface area contributed by atoms with Gasteiger partial charge in [0.15, 0.2) is 0 Å². The van der Waals surface area contributed by atoms with Gasteiger partial charge in [-0.05, 0) is 69.7 Å². The average molecular weight is 425 g/mol. The highest BCUT2D eigenvalue weighted by molar-refractivity contribution is 5.89. The lowest BCUT2D eigenvalue weighted by molar-refractivity contribution is -0.165. The largest absolute Gasteiger partial charge is 0.459 e. The predicted octanol–water partition coefficient (Wildman–Crippen LogP) is 4.42. The van der Waals surface area contributed by atoms with Crippen molar-refractivity contribution in [1.82, 2.24) is 9.47 Å². The first-order valence-corrected chi connectivity index (χ1v) is 12.2. The van der Waals surface area contributed by atoms with Gasteiger partial charge in [0.1, 0.15) is 6.10 Å². The van der Waals surface area contributed by atoms with Gasteiger partial charge < -0.3 is 14.4 Å². The van der Waals surface area contributed by atoms with Gasteiger partial charge in [0.25, 0.3) is 0 Å². The number of rotatable bonds is 4. The van der Waals surface area contributed by atoms with E-state index in [0.717, 1.165) is 51.6 Å². The average Bonchev–Trinajstić information content (AvgIpc) is 3.15. The molecule has 1 saturated heterocycles. The van der Waals surface area contributed by atoms with Crippen molar-refractivity contribution in [3.63, 3.8) is 0 Å². The summed E-state index contributed by atoms with van der Waals surface area (Å²) in [6.07, 6.45) is 7.00. The zero-order valence-electron chi connectivity index (χ0n) is 19.1. The molecule has 2 unspecified atom stereocenters. The quantitative estimate of drug-likeness (QED) is 0.739. The van der Waals surface area contributed by atoms with Crippen LogP contribution in [0.25, 0.3) is 10.9 Å². The summed E-state index contributed by atoms with van der Waals surface area (Å²) in [6, 6.07) is 7.56. The Balaban J connectivity index is 1.45. The number of piperidine rings is 1. The van der Waals surface area contributed by atoms with Gasteiger partial charge in [-0.15, -0.1) is 0 Å². The van der Waals surface area contributed by atoms with Crippen LogP contribution in [0.5, 0.6) is 0 Å². The van der Waals surface area contributed by atoms with E-state index >= 15 is 0 Å². The highest BCUT2D eigenvalue weighted by atomic mass is 16.6. The highest BCUT2D eigenvalue weighted by Crippen LogP contribution is 2.46. The number of benzene rings is 1. The molecule has 2 aromatic rings.